The smallest absolute Gasteiger partial charge is 0.255 e. The average molecular weight is 480 g/mol. The van der Waals surface area contributed by atoms with Crippen molar-refractivity contribution in [2.24, 2.45) is 11.8 Å². The number of halogens is 1. The summed E-state index contributed by atoms with van der Waals surface area (Å²) in [6.45, 7) is 8.87. The number of benzene rings is 2. The van der Waals surface area contributed by atoms with Crippen LogP contribution in [0, 0.1) is 11.8 Å². The monoisotopic (exact) mass is 479 g/mol. The Morgan fingerprint density at radius 3 is 2.26 bits per heavy atom. The lowest BCUT2D eigenvalue weighted by Crippen LogP contribution is -2.37. The molecule has 3 rings (SSSR count). The first-order valence-electron chi connectivity index (χ1n) is 10.0. The van der Waals surface area contributed by atoms with Gasteiger partial charge in [0.2, 0.25) is 10.0 Å². The Labute approximate surface area is 192 Å². The number of carbonyl (C=O) groups excluding carboxylic acids is 1. The van der Waals surface area contributed by atoms with Gasteiger partial charge in [-0.25, -0.2) is 13.4 Å². The van der Waals surface area contributed by atoms with E-state index in [1.165, 1.54) is 39.9 Å². The number of amides is 1. The fourth-order valence-corrected chi connectivity index (χ4v) is 6.04. The van der Waals surface area contributed by atoms with Gasteiger partial charge in [-0.3, -0.25) is 4.79 Å². The second kappa shape index (κ2) is 9.65. The molecule has 6 nitrogen and oxygen atoms in total. The van der Waals surface area contributed by atoms with Gasteiger partial charge in [-0.05, 0) is 48.2 Å². The molecular weight excluding hydrogens is 454 g/mol. The van der Waals surface area contributed by atoms with E-state index in [9.17, 15) is 13.2 Å². The van der Waals surface area contributed by atoms with Crippen LogP contribution in [0.4, 0.5) is 5.69 Å². The molecule has 0 unspecified atom stereocenters. The van der Waals surface area contributed by atoms with Crippen LogP contribution in [0.3, 0.4) is 0 Å². The summed E-state index contributed by atoms with van der Waals surface area (Å²) in [6, 6.07) is 9.46. The summed E-state index contributed by atoms with van der Waals surface area (Å²) >= 11 is 7.53. The Balaban J connectivity index is 1.82. The fourth-order valence-electron chi connectivity index (χ4n) is 3.22. The van der Waals surface area contributed by atoms with Crippen molar-refractivity contribution in [3.63, 3.8) is 0 Å². The van der Waals surface area contributed by atoms with Crippen molar-refractivity contribution in [3.05, 3.63) is 52.5 Å². The summed E-state index contributed by atoms with van der Waals surface area (Å²) < 4.78 is 28.6. The van der Waals surface area contributed by atoms with E-state index >= 15 is 0 Å². The molecule has 1 amide bonds. The third-order valence-corrected chi connectivity index (χ3v) is 7.59. The summed E-state index contributed by atoms with van der Waals surface area (Å²) in [5.41, 5.74) is 3.29. The van der Waals surface area contributed by atoms with Crippen molar-refractivity contribution in [2.75, 3.05) is 18.4 Å². The standard InChI is InChI=1S/C22H26ClN3O3S2/c1-14(2)11-26(12-15(3)4)31(28,29)17-7-5-16(6-8-17)22(27)25-19-10-9-18(23)20-21(19)30-13-24-20/h5-10,13-15H,11-12H2,1-4H3,(H,25,27). The number of hydrogen-bond donors (Lipinski definition) is 1. The molecule has 0 bridgehead atoms. The third kappa shape index (κ3) is 5.44. The number of rotatable bonds is 8. The molecule has 0 atom stereocenters. The van der Waals surface area contributed by atoms with Gasteiger partial charge in [-0.15, -0.1) is 11.3 Å². The van der Waals surface area contributed by atoms with Crippen LogP contribution in [-0.4, -0.2) is 36.7 Å². The Hall–Kier alpha value is -2.00. The molecule has 0 saturated heterocycles. The number of sulfonamides is 1. The highest BCUT2D eigenvalue weighted by Crippen LogP contribution is 2.32. The SMILES string of the molecule is CC(C)CN(CC(C)C)S(=O)(=O)c1ccc(C(=O)Nc2ccc(Cl)c3ncsc23)cc1. The molecule has 1 N–H and O–H groups in total. The minimum absolute atomic E-state index is 0.182. The molecule has 166 valence electrons. The topological polar surface area (TPSA) is 79.4 Å². The summed E-state index contributed by atoms with van der Waals surface area (Å²) in [6.07, 6.45) is 0. The maximum Gasteiger partial charge on any atom is 0.255 e. The molecular formula is C22H26ClN3O3S2. The Bertz CT molecular complexity index is 1160. The lowest BCUT2D eigenvalue weighted by Gasteiger charge is -2.25. The van der Waals surface area contributed by atoms with Crippen molar-refractivity contribution in [1.29, 1.82) is 0 Å². The average Bonchev–Trinajstić information content (AvgIpc) is 3.20. The van der Waals surface area contributed by atoms with Crippen molar-refractivity contribution in [1.82, 2.24) is 9.29 Å². The van der Waals surface area contributed by atoms with Gasteiger partial charge in [0.1, 0.15) is 5.52 Å². The molecule has 0 saturated carbocycles. The van der Waals surface area contributed by atoms with Crippen molar-refractivity contribution in [2.45, 2.75) is 32.6 Å². The molecule has 1 heterocycles. The maximum absolute atomic E-state index is 13.1. The number of hydrogen-bond acceptors (Lipinski definition) is 5. The molecule has 0 spiro atoms. The van der Waals surface area contributed by atoms with Gasteiger partial charge in [0.15, 0.2) is 0 Å². The van der Waals surface area contributed by atoms with E-state index in [1.807, 2.05) is 27.7 Å². The van der Waals surface area contributed by atoms with Gasteiger partial charge in [0, 0.05) is 18.7 Å². The van der Waals surface area contributed by atoms with E-state index in [4.69, 9.17) is 11.6 Å². The van der Waals surface area contributed by atoms with Gasteiger partial charge < -0.3 is 5.32 Å². The van der Waals surface area contributed by atoms with Crippen molar-refractivity contribution < 1.29 is 13.2 Å². The Morgan fingerprint density at radius 2 is 1.68 bits per heavy atom. The largest absolute Gasteiger partial charge is 0.321 e. The van der Waals surface area contributed by atoms with Gasteiger partial charge >= 0.3 is 0 Å². The second-order valence-corrected chi connectivity index (χ2v) is 11.4. The fraction of sp³-hybridized carbons (Fsp3) is 0.364. The van der Waals surface area contributed by atoms with E-state index in [1.54, 1.807) is 17.6 Å². The molecule has 0 aliphatic rings. The van der Waals surface area contributed by atoms with E-state index in [-0.39, 0.29) is 22.6 Å². The van der Waals surface area contributed by atoms with Gasteiger partial charge in [-0.2, -0.15) is 4.31 Å². The summed E-state index contributed by atoms with van der Waals surface area (Å²) in [4.78, 5) is 17.1. The number of fused-ring (bicyclic) bond motifs is 1. The maximum atomic E-state index is 13.1. The van der Waals surface area contributed by atoms with Crippen LogP contribution in [0.25, 0.3) is 10.2 Å². The highest BCUT2D eigenvalue weighted by molar-refractivity contribution is 7.89. The Kier molecular flexibility index (Phi) is 7.36. The minimum Gasteiger partial charge on any atom is -0.321 e. The quantitative estimate of drug-likeness (QED) is 0.462. The van der Waals surface area contributed by atoms with Crippen LogP contribution in [0.2, 0.25) is 5.02 Å². The van der Waals surface area contributed by atoms with E-state index in [0.29, 0.717) is 34.9 Å². The van der Waals surface area contributed by atoms with Crippen LogP contribution in [0.5, 0.6) is 0 Å². The molecule has 3 aromatic rings. The number of anilines is 1. The zero-order valence-corrected chi connectivity index (χ0v) is 20.3. The molecule has 2 aromatic carbocycles. The molecule has 9 heteroatoms. The lowest BCUT2D eigenvalue weighted by atomic mass is 10.2. The molecule has 0 aliphatic carbocycles. The van der Waals surface area contributed by atoms with Crippen LogP contribution in [-0.2, 0) is 10.0 Å². The first-order chi connectivity index (χ1) is 14.6. The summed E-state index contributed by atoms with van der Waals surface area (Å²) in [5.74, 6) is 0.0882. The van der Waals surface area contributed by atoms with Crippen LogP contribution >= 0.6 is 22.9 Å². The van der Waals surface area contributed by atoms with Crippen LogP contribution in [0.15, 0.2) is 46.8 Å². The van der Waals surface area contributed by atoms with Gasteiger partial charge in [0.25, 0.3) is 5.91 Å². The van der Waals surface area contributed by atoms with Crippen molar-refractivity contribution >= 4 is 54.8 Å². The van der Waals surface area contributed by atoms with E-state index in [0.717, 1.165) is 4.70 Å². The third-order valence-electron chi connectivity index (χ3n) is 4.57. The molecule has 0 radical (unpaired) electrons. The van der Waals surface area contributed by atoms with Gasteiger partial charge in [0.05, 0.1) is 25.8 Å². The van der Waals surface area contributed by atoms with E-state index in [2.05, 4.69) is 10.3 Å². The Morgan fingerprint density at radius 1 is 1.06 bits per heavy atom. The predicted octanol–water partition coefficient (Wildman–Crippen LogP) is 5.50. The molecule has 0 aliphatic heterocycles. The highest BCUT2D eigenvalue weighted by atomic mass is 35.5. The molecule has 1 aromatic heterocycles. The first kappa shape index (κ1) is 23.7. The number of nitrogens with zero attached hydrogens (tertiary/aromatic N) is 2. The highest BCUT2D eigenvalue weighted by Gasteiger charge is 2.26. The summed E-state index contributed by atoms with van der Waals surface area (Å²) in [7, 11) is -3.64. The number of nitrogens with one attached hydrogen (secondary N) is 1. The zero-order chi connectivity index (χ0) is 22.8. The number of carbonyl (C=O) groups is 1. The predicted molar refractivity (Wildman–Crippen MR) is 127 cm³/mol. The normalized spacial score (nSPS) is 12.3. The van der Waals surface area contributed by atoms with Gasteiger partial charge in [-0.1, -0.05) is 39.3 Å². The van der Waals surface area contributed by atoms with Crippen LogP contribution in [0.1, 0.15) is 38.1 Å². The second-order valence-electron chi connectivity index (χ2n) is 8.21. The summed E-state index contributed by atoms with van der Waals surface area (Å²) in [5, 5.41) is 3.38. The minimum atomic E-state index is -3.64. The van der Waals surface area contributed by atoms with E-state index < -0.39 is 10.0 Å². The first-order valence-corrected chi connectivity index (χ1v) is 12.7. The zero-order valence-electron chi connectivity index (χ0n) is 17.9. The number of aromatic nitrogens is 1. The van der Waals surface area contributed by atoms with Crippen LogP contribution < -0.4 is 5.32 Å². The lowest BCUT2D eigenvalue weighted by molar-refractivity contribution is 0.102. The number of thiazole rings is 1. The van der Waals surface area contributed by atoms with Crippen molar-refractivity contribution in [3.8, 4) is 0 Å². The molecule has 0 fully saturated rings. The molecule has 31 heavy (non-hydrogen) atoms.